The third-order valence-electron chi connectivity index (χ3n) is 6.19. The van der Waals surface area contributed by atoms with Gasteiger partial charge >= 0.3 is 0 Å². The molecule has 1 saturated heterocycles. The Bertz CT molecular complexity index is 1440. The lowest BCUT2D eigenvalue weighted by Gasteiger charge is -2.28. The molecular formula is C27H23FN4O. The number of ether oxygens (including phenoxy) is 1. The summed E-state index contributed by atoms with van der Waals surface area (Å²) in [5.74, 6) is 0.569. The largest absolute Gasteiger partial charge is 0.378 e. The normalized spacial score (nSPS) is 14.3. The van der Waals surface area contributed by atoms with E-state index in [9.17, 15) is 4.39 Å². The fraction of sp³-hybridized carbons (Fsp3) is 0.185. The molecule has 0 spiro atoms. The topological polar surface area (TPSA) is 43.2 Å². The highest BCUT2D eigenvalue weighted by molar-refractivity contribution is 5.86. The fourth-order valence-electron chi connectivity index (χ4n) is 4.45. The molecule has 33 heavy (non-hydrogen) atoms. The molecule has 3 heterocycles. The summed E-state index contributed by atoms with van der Waals surface area (Å²) >= 11 is 0. The van der Waals surface area contributed by atoms with Crippen LogP contribution < -0.4 is 4.90 Å². The van der Waals surface area contributed by atoms with Gasteiger partial charge in [-0.3, -0.25) is 0 Å². The molecule has 6 rings (SSSR count). The van der Waals surface area contributed by atoms with Crippen molar-refractivity contribution >= 4 is 27.6 Å². The van der Waals surface area contributed by atoms with Crippen molar-refractivity contribution in [3.8, 4) is 11.5 Å². The molecule has 5 nitrogen and oxygen atoms in total. The van der Waals surface area contributed by atoms with Crippen LogP contribution in [0.15, 0.2) is 78.9 Å². The van der Waals surface area contributed by atoms with Crippen LogP contribution in [0.1, 0.15) is 5.56 Å². The van der Waals surface area contributed by atoms with E-state index in [2.05, 4.69) is 39.8 Å². The molecule has 6 heteroatoms. The van der Waals surface area contributed by atoms with Crippen LogP contribution in [0.5, 0.6) is 0 Å². The van der Waals surface area contributed by atoms with Crippen LogP contribution in [-0.2, 0) is 11.3 Å². The Hall–Kier alpha value is -3.77. The van der Waals surface area contributed by atoms with Gasteiger partial charge in [0.25, 0.3) is 0 Å². The van der Waals surface area contributed by atoms with Crippen LogP contribution >= 0.6 is 0 Å². The lowest BCUT2D eigenvalue weighted by atomic mass is 10.2. The zero-order chi connectivity index (χ0) is 22.2. The number of nitrogens with zero attached hydrogens (tertiary/aromatic N) is 4. The highest BCUT2D eigenvalue weighted by Crippen LogP contribution is 2.29. The third kappa shape index (κ3) is 3.83. The number of rotatable bonds is 4. The van der Waals surface area contributed by atoms with E-state index in [1.165, 1.54) is 12.1 Å². The molecule has 0 aliphatic carbocycles. The number of morpholine rings is 1. The first-order valence-electron chi connectivity index (χ1n) is 11.2. The van der Waals surface area contributed by atoms with Crippen molar-refractivity contribution in [2.24, 2.45) is 0 Å². The van der Waals surface area contributed by atoms with E-state index in [1.807, 2.05) is 36.4 Å². The fourth-order valence-corrected chi connectivity index (χ4v) is 4.45. The molecule has 0 saturated carbocycles. The molecule has 0 atom stereocenters. The Kier molecular flexibility index (Phi) is 5.00. The van der Waals surface area contributed by atoms with Crippen molar-refractivity contribution in [1.29, 1.82) is 0 Å². The summed E-state index contributed by atoms with van der Waals surface area (Å²) < 4.78 is 21.2. The van der Waals surface area contributed by atoms with Gasteiger partial charge in [-0.2, -0.15) is 0 Å². The lowest BCUT2D eigenvalue weighted by molar-refractivity contribution is 0.122. The standard InChI is InChI=1S/C27H23FN4O/c28-21-8-5-19(6-9-21)18-32-26-17-22(31-13-15-33-16-14-31)10-12-24(26)30-27(32)25-11-7-20-3-1-2-4-23(20)29-25/h1-12,17H,13-16,18H2. The molecule has 1 fully saturated rings. The number of hydrogen-bond donors (Lipinski definition) is 0. The Labute approximate surface area is 191 Å². The van der Waals surface area contributed by atoms with Gasteiger partial charge in [-0.25, -0.2) is 14.4 Å². The van der Waals surface area contributed by atoms with Crippen molar-refractivity contribution in [2.45, 2.75) is 6.54 Å². The lowest BCUT2D eigenvalue weighted by Crippen LogP contribution is -2.36. The van der Waals surface area contributed by atoms with E-state index in [1.54, 1.807) is 0 Å². The van der Waals surface area contributed by atoms with Gasteiger partial charge in [0.2, 0.25) is 0 Å². The summed E-state index contributed by atoms with van der Waals surface area (Å²) in [6.07, 6.45) is 0. The molecule has 164 valence electrons. The minimum absolute atomic E-state index is 0.236. The van der Waals surface area contributed by atoms with E-state index in [0.29, 0.717) is 6.54 Å². The Morgan fingerprint density at radius 2 is 1.64 bits per heavy atom. The number of anilines is 1. The van der Waals surface area contributed by atoms with E-state index < -0.39 is 0 Å². The quantitative estimate of drug-likeness (QED) is 0.383. The van der Waals surface area contributed by atoms with Crippen LogP contribution in [0, 0.1) is 5.82 Å². The van der Waals surface area contributed by atoms with Gasteiger partial charge in [0, 0.05) is 30.7 Å². The molecule has 0 unspecified atom stereocenters. The van der Waals surface area contributed by atoms with Crippen molar-refractivity contribution in [2.75, 3.05) is 31.2 Å². The molecule has 5 aromatic rings. The van der Waals surface area contributed by atoms with Crippen molar-refractivity contribution < 1.29 is 9.13 Å². The Balaban J connectivity index is 1.51. The molecule has 2 aromatic heterocycles. The zero-order valence-corrected chi connectivity index (χ0v) is 18.1. The first-order valence-corrected chi connectivity index (χ1v) is 11.2. The maximum atomic E-state index is 13.5. The smallest absolute Gasteiger partial charge is 0.160 e. The number of pyridine rings is 1. The molecular weight excluding hydrogens is 415 g/mol. The summed E-state index contributed by atoms with van der Waals surface area (Å²) in [6.45, 7) is 3.79. The number of benzene rings is 3. The minimum atomic E-state index is -0.236. The van der Waals surface area contributed by atoms with Crippen LogP contribution in [-0.4, -0.2) is 40.8 Å². The molecule has 0 amide bonds. The Morgan fingerprint density at radius 3 is 2.48 bits per heavy atom. The maximum absolute atomic E-state index is 13.5. The van der Waals surface area contributed by atoms with E-state index in [0.717, 1.165) is 71.0 Å². The average molecular weight is 439 g/mol. The third-order valence-corrected chi connectivity index (χ3v) is 6.19. The van der Waals surface area contributed by atoms with Crippen molar-refractivity contribution in [1.82, 2.24) is 14.5 Å². The van der Waals surface area contributed by atoms with Gasteiger partial charge in [-0.1, -0.05) is 36.4 Å². The first kappa shape index (κ1) is 19.9. The van der Waals surface area contributed by atoms with Gasteiger partial charge in [-0.15, -0.1) is 0 Å². The molecule has 0 bridgehead atoms. The predicted octanol–water partition coefficient (Wildman–Crippen LogP) is 5.28. The van der Waals surface area contributed by atoms with Crippen LogP contribution in [0.2, 0.25) is 0 Å². The highest BCUT2D eigenvalue weighted by Gasteiger charge is 2.18. The van der Waals surface area contributed by atoms with Gasteiger partial charge in [0.15, 0.2) is 5.82 Å². The van der Waals surface area contributed by atoms with Crippen molar-refractivity contribution in [3.63, 3.8) is 0 Å². The number of aromatic nitrogens is 3. The Morgan fingerprint density at radius 1 is 0.818 bits per heavy atom. The molecule has 0 N–H and O–H groups in total. The van der Waals surface area contributed by atoms with E-state index >= 15 is 0 Å². The van der Waals surface area contributed by atoms with Crippen LogP contribution in [0.4, 0.5) is 10.1 Å². The number of para-hydroxylation sites is 1. The molecule has 3 aromatic carbocycles. The van der Waals surface area contributed by atoms with Crippen LogP contribution in [0.3, 0.4) is 0 Å². The number of fused-ring (bicyclic) bond motifs is 2. The first-order chi connectivity index (χ1) is 16.2. The van der Waals surface area contributed by atoms with Gasteiger partial charge in [-0.05, 0) is 48.0 Å². The SMILES string of the molecule is Fc1ccc(Cn2c(-c3ccc4ccccc4n3)nc3ccc(N4CCOCC4)cc32)cc1. The minimum Gasteiger partial charge on any atom is -0.378 e. The maximum Gasteiger partial charge on any atom is 0.160 e. The summed E-state index contributed by atoms with van der Waals surface area (Å²) in [7, 11) is 0. The van der Waals surface area contributed by atoms with Gasteiger partial charge in [0.1, 0.15) is 11.5 Å². The highest BCUT2D eigenvalue weighted by atomic mass is 19.1. The molecule has 0 radical (unpaired) electrons. The summed E-state index contributed by atoms with van der Waals surface area (Å²) in [5, 5.41) is 1.09. The van der Waals surface area contributed by atoms with E-state index in [-0.39, 0.29) is 5.82 Å². The van der Waals surface area contributed by atoms with Gasteiger partial charge in [0.05, 0.1) is 29.8 Å². The van der Waals surface area contributed by atoms with Crippen LogP contribution in [0.25, 0.3) is 33.5 Å². The molecule has 1 aliphatic rings. The summed E-state index contributed by atoms with van der Waals surface area (Å²) in [5.41, 5.74) is 5.87. The second-order valence-corrected chi connectivity index (χ2v) is 8.31. The number of imidazole rings is 1. The summed E-state index contributed by atoms with van der Waals surface area (Å²) in [6, 6.07) is 25.2. The second kappa shape index (κ2) is 8.30. The van der Waals surface area contributed by atoms with E-state index in [4.69, 9.17) is 14.7 Å². The average Bonchev–Trinajstić information content (AvgIpc) is 3.23. The summed E-state index contributed by atoms with van der Waals surface area (Å²) in [4.78, 5) is 12.2. The predicted molar refractivity (Wildman–Crippen MR) is 129 cm³/mol. The molecule has 1 aliphatic heterocycles. The number of halogens is 1. The second-order valence-electron chi connectivity index (χ2n) is 8.31. The number of hydrogen-bond acceptors (Lipinski definition) is 4. The van der Waals surface area contributed by atoms with Gasteiger partial charge < -0.3 is 14.2 Å². The van der Waals surface area contributed by atoms with Crippen molar-refractivity contribution in [3.05, 3.63) is 90.2 Å². The monoisotopic (exact) mass is 438 g/mol. The zero-order valence-electron chi connectivity index (χ0n) is 18.1.